The van der Waals surface area contributed by atoms with E-state index in [1.165, 1.54) is 24.1 Å². The average molecular weight is 295 g/mol. The first-order valence-electron chi connectivity index (χ1n) is 7.84. The van der Waals surface area contributed by atoms with Crippen LogP contribution < -0.4 is 10.2 Å². The van der Waals surface area contributed by atoms with Crippen molar-refractivity contribution in [3.8, 4) is 0 Å². The molecule has 0 bridgehead atoms. The lowest BCUT2D eigenvalue weighted by Crippen LogP contribution is -2.42. The molecular weight excluding hydrogens is 268 g/mol. The summed E-state index contributed by atoms with van der Waals surface area (Å²) in [5.74, 6) is 0.753. The molecule has 20 heavy (non-hydrogen) atoms. The number of rotatable bonds is 4. The average Bonchev–Trinajstić information content (AvgIpc) is 2.42. The second-order valence-electron chi connectivity index (χ2n) is 6.04. The summed E-state index contributed by atoms with van der Waals surface area (Å²) in [4.78, 5) is 2.50. The summed E-state index contributed by atoms with van der Waals surface area (Å²) in [6.07, 6.45) is 2.61. The van der Waals surface area contributed by atoms with Gasteiger partial charge in [0.1, 0.15) is 0 Å². The van der Waals surface area contributed by atoms with E-state index in [4.69, 9.17) is 11.6 Å². The highest BCUT2D eigenvalue weighted by Gasteiger charge is 2.25. The van der Waals surface area contributed by atoms with Crippen LogP contribution in [-0.2, 0) is 0 Å². The molecule has 1 heterocycles. The van der Waals surface area contributed by atoms with Crippen LogP contribution in [0.2, 0.25) is 5.02 Å². The summed E-state index contributed by atoms with van der Waals surface area (Å²) in [6, 6.07) is 7.44. The van der Waals surface area contributed by atoms with Gasteiger partial charge in [0.05, 0.1) is 0 Å². The lowest BCUT2D eigenvalue weighted by molar-refractivity contribution is 0.363. The molecular formula is C17H27ClN2. The highest BCUT2D eigenvalue weighted by molar-refractivity contribution is 6.31. The van der Waals surface area contributed by atoms with Gasteiger partial charge in [0.25, 0.3) is 0 Å². The van der Waals surface area contributed by atoms with Crippen molar-refractivity contribution in [2.75, 3.05) is 18.0 Å². The standard InChI is InChI=1S/C17H27ClN2/c1-5-19-13(3)16-9-8-15(11-17(16)18)20-10-6-7-12(2)14(20)4/h8-9,11-14,19H,5-7,10H2,1-4H3. The number of nitrogens with zero attached hydrogens (tertiary/aromatic N) is 1. The highest BCUT2D eigenvalue weighted by Crippen LogP contribution is 2.32. The molecule has 1 aromatic carbocycles. The zero-order chi connectivity index (χ0) is 14.7. The number of nitrogens with one attached hydrogen (secondary N) is 1. The molecule has 0 aliphatic carbocycles. The second-order valence-corrected chi connectivity index (χ2v) is 6.45. The van der Waals surface area contributed by atoms with E-state index >= 15 is 0 Å². The Hall–Kier alpha value is -0.730. The first kappa shape index (κ1) is 15.7. The zero-order valence-electron chi connectivity index (χ0n) is 13.1. The van der Waals surface area contributed by atoms with E-state index in [2.05, 4.69) is 56.1 Å². The Balaban J connectivity index is 2.20. The van der Waals surface area contributed by atoms with Crippen LogP contribution >= 0.6 is 11.6 Å². The van der Waals surface area contributed by atoms with Gasteiger partial charge in [-0.3, -0.25) is 0 Å². The van der Waals surface area contributed by atoms with Crippen molar-refractivity contribution < 1.29 is 0 Å². The lowest BCUT2D eigenvalue weighted by Gasteiger charge is -2.40. The molecule has 0 amide bonds. The van der Waals surface area contributed by atoms with Crippen molar-refractivity contribution in [2.45, 2.75) is 52.6 Å². The normalized spacial score (nSPS) is 24.8. The van der Waals surface area contributed by atoms with E-state index in [1.54, 1.807) is 0 Å². The predicted octanol–water partition coefficient (Wildman–Crippen LogP) is 4.64. The van der Waals surface area contributed by atoms with Crippen LogP contribution in [0.15, 0.2) is 18.2 Å². The minimum atomic E-state index is 0.305. The zero-order valence-corrected chi connectivity index (χ0v) is 13.9. The van der Waals surface area contributed by atoms with Crippen LogP contribution in [0.25, 0.3) is 0 Å². The quantitative estimate of drug-likeness (QED) is 0.870. The van der Waals surface area contributed by atoms with E-state index in [0.29, 0.717) is 12.1 Å². The van der Waals surface area contributed by atoms with E-state index in [9.17, 15) is 0 Å². The fraction of sp³-hybridized carbons (Fsp3) is 0.647. The smallest absolute Gasteiger partial charge is 0.0474 e. The molecule has 3 heteroatoms. The summed E-state index contributed by atoms with van der Waals surface area (Å²) >= 11 is 6.50. The molecule has 3 atom stereocenters. The van der Waals surface area contributed by atoms with E-state index < -0.39 is 0 Å². The maximum Gasteiger partial charge on any atom is 0.0474 e. The van der Waals surface area contributed by atoms with Crippen LogP contribution in [-0.4, -0.2) is 19.1 Å². The molecule has 0 spiro atoms. The molecule has 0 radical (unpaired) electrons. The number of hydrogen-bond acceptors (Lipinski definition) is 2. The predicted molar refractivity (Wildman–Crippen MR) is 88.7 cm³/mol. The number of hydrogen-bond donors (Lipinski definition) is 1. The Morgan fingerprint density at radius 1 is 1.40 bits per heavy atom. The van der Waals surface area contributed by atoms with Gasteiger partial charge in [0.2, 0.25) is 0 Å². The molecule has 1 saturated heterocycles. The Morgan fingerprint density at radius 2 is 2.15 bits per heavy atom. The molecule has 0 aromatic heterocycles. The largest absolute Gasteiger partial charge is 0.369 e. The summed E-state index contributed by atoms with van der Waals surface area (Å²) in [5.41, 5.74) is 2.46. The van der Waals surface area contributed by atoms with Gasteiger partial charge in [-0.2, -0.15) is 0 Å². The lowest BCUT2D eigenvalue weighted by atomic mass is 9.91. The summed E-state index contributed by atoms with van der Waals surface area (Å²) in [5, 5.41) is 4.30. The minimum absolute atomic E-state index is 0.305. The van der Waals surface area contributed by atoms with Crippen molar-refractivity contribution in [1.29, 1.82) is 0 Å². The Bertz CT molecular complexity index is 447. The second kappa shape index (κ2) is 6.82. The van der Waals surface area contributed by atoms with Crippen LogP contribution in [0.4, 0.5) is 5.69 Å². The van der Waals surface area contributed by atoms with Gasteiger partial charge >= 0.3 is 0 Å². The van der Waals surface area contributed by atoms with Crippen LogP contribution in [0.3, 0.4) is 0 Å². The molecule has 1 aliphatic heterocycles. The Labute approximate surface area is 128 Å². The van der Waals surface area contributed by atoms with E-state index in [1.807, 2.05) is 0 Å². The van der Waals surface area contributed by atoms with Gasteiger partial charge in [0, 0.05) is 29.3 Å². The van der Waals surface area contributed by atoms with E-state index in [0.717, 1.165) is 24.0 Å². The first-order chi connectivity index (χ1) is 9.54. The SMILES string of the molecule is CCNC(C)c1ccc(N2CCCC(C)C2C)cc1Cl. The number of halogens is 1. The van der Waals surface area contributed by atoms with Gasteiger partial charge in [-0.15, -0.1) is 0 Å². The fourth-order valence-corrected chi connectivity index (χ4v) is 3.50. The van der Waals surface area contributed by atoms with Crippen molar-refractivity contribution in [2.24, 2.45) is 5.92 Å². The molecule has 2 nitrogen and oxygen atoms in total. The number of benzene rings is 1. The van der Waals surface area contributed by atoms with Crippen LogP contribution in [0, 0.1) is 5.92 Å². The molecule has 1 aromatic rings. The minimum Gasteiger partial charge on any atom is -0.369 e. The van der Waals surface area contributed by atoms with Gasteiger partial charge in [-0.1, -0.05) is 31.5 Å². The Morgan fingerprint density at radius 3 is 2.80 bits per heavy atom. The molecule has 1 aliphatic rings. The molecule has 3 unspecified atom stereocenters. The fourth-order valence-electron chi connectivity index (χ4n) is 3.16. The monoisotopic (exact) mass is 294 g/mol. The third-order valence-electron chi connectivity index (χ3n) is 4.67. The van der Waals surface area contributed by atoms with Crippen LogP contribution in [0.5, 0.6) is 0 Å². The maximum atomic E-state index is 6.50. The van der Waals surface area contributed by atoms with Gasteiger partial charge in [-0.05, 0) is 56.8 Å². The molecule has 1 N–H and O–H groups in total. The summed E-state index contributed by atoms with van der Waals surface area (Å²) < 4.78 is 0. The van der Waals surface area contributed by atoms with E-state index in [-0.39, 0.29) is 0 Å². The highest BCUT2D eigenvalue weighted by atomic mass is 35.5. The topological polar surface area (TPSA) is 15.3 Å². The molecule has 0 saturated carbocycles. The third-order valence-corrected chi connectivity index (χ3v) is 4.99. The number of piperidine rings is 1. The molecule has 1 fully saturated rings. The molecule has 2 rings (SSSR count). The van der Waals surface area contributed by atoms with Crippen LogP contribution in [0.1, 0.15) is 52.1 Å². The first-order valence-corrected chi connectivity index (χ1v) is 8.21. The summed E-state index contributed by atoms with van der Waals surface area (Å²) in [7, 11) is 0. The van der Waals surface area contributed by atoms with Crippen molar-refractivity contribution in [1.82, 2.24) is 5.32 Å². The van der Waals surface area contributed by atoms with Crippen molar-refractivity contribution in [3.05, 3.63) is 28.8 Å². The van der Waals surface area contributed by atoms with Gasteiger partial charge in [-0.25, -0.2) is 0 Å². The van der Waals surface area contributed by atoms with Crippen molar-refractivity contribution >= 4 is 17.3 Å². The third kappa shape index (κ3) is 3.29. The number of anilines is 1. The summed E-state index contributed by atoms with van der Waals surface area (Å²) in [6.45, 7) is 11.1. The maximum absolute atomic E-state index is 6.50. The van der Waals surface area contributed by atoms with Gasteiger partial charge in [0.15, 0.2) is 0 Å². The Kier molecular flexibility index (Phi) is 5.34. The van der Waals surface area contributed by atoms with Crippen molar-refractivity contribution in [3.63, 3.8) is 0 Å². The molecule has 112 valence electrons. The van der Waals surface area contributed by atoms with Gasteiger partial charge < -0.3 is 10.2 Å².